The summed E-state index contributed by atoms with van der Waals surface area (Å²) < 4.78 is 13.5. The van der Waals surface area contributed by atoms with Crippen LogP contribution in [-0.4, -0.2) is 5.91 Å². The standard InChI is InChI=1S/C14H10BrClFNO/c1-8-4-2-3-5-13(8)18-14(19)9-6-10(15)12(17)7-11(9)16/h2-7H,1H3,(H,18,19). The normalized spacial score (nSPS) is 10.3. The summed E-state index contributed by atoms with van der Waals surface area (Å²) in [6, 6.07) is 9.86. The molecule has 2 rings (SSSR count). The van der Waals surface area contributed by atoms with Gasteiger partial charge in [0.1, 0.15) is 5.82 Å². The van der Waals surface area contributed by atoms with Crippen LogP contribution in [0.5, 0.6) is 0 Å². The summed E-state index contributed by atoms with van der Waals surface area (Å²) in [5.41, 5.74) is 1.86. The number of halogens is 3. The zero-order valence-electron chi connectivity index (χ0n) is 10.0. The Balaban J connectivity index is 2.31. The first-order chi connectivity index (χ1) is 8.99. The molecule has 0 aromatic heterocycles. The monoisotopic (exact) mass is 341 g/mol. The molecule has 1 N–H and O–H groups in total. The van der Waals surface area contributed by atoms with Crippen LogP contribution in [0.3, 0.4) is 0 Å². The summed E-state index contributed by atoms with van der Waals surface area (Å²) >= 11 is 8.92. The highest BCUT2D eigenvalue weighted by atomic mass is 79.9. The second-order valence-electron chi connectivity index (χ2n) is 4.02. The van der Waals surface area contributed by atoms with E-state index in [1.54, 1.807) is 6.07 Å². The van der Waals surface area contributed by atoms with Crippen LogP contribution in [0.2, 0.25) is 5.02 Å². The average molecular weight is 343 g/mol. The van der Waals surface area contributed by atoms with Crippen molar-refractivity contribution in [3.05, 3.63) is 62.8 Å². The number of carbonyl (C=O) groups is 1. The van der Waals surface area contributed by atoms with Crippen molar-refractivity contribution < 1.29 is 9.18 Å². The number of anilines is 1. The quantitative estimate of drug-likeness (QED) is 0.780. The van der Waals surface area contributed by atoms with Gasteiger partial charge in [0, 0.05) is 5.69 Å². The Bertz CT molecular complexity index is 645. The number of amides is 1. The molecule has 19 heavy (non-hydrogen) atoms. The third-order valence-corrected chi connectivity index (χ3v) is 3.57. The minimum absolute atomic E-state index is 0.0757. The molecule has 2 nitrogen and oxygen atoms in total. The Morgan fingerprint density at radius 3 is 2.68 bits per heavy atom. The van der Waals surface area contributed by atoms with Crippen LogP contribution in [0.15, 0.2) is 40.9 Å². The molecule has 2 aromatic rings. The third-order valence-electron chi connectivity index (χ3n) is 2.65. The number of para-hydroxylation sites is 1. The first kappa shape index (κ1) is 14.0. The molecule has 0 spiro atoms. The van der Waals surface area contributed by atoms with E-state index >= 15 is 0 Å². The number of hydrogen-bond acceptors (Lipinski definition) is 1. The minimum atomic E-state index is -0.502. The van der Waals surface area contributed by atoms with Crippen molar-refractivity contribution in [3.63, 3.8) is 0 Å². The summed E-state index contributed by atoms with van der Waals surface area (Å²) in [5, 5.41) is 2.82. The van der Waals surface area contributed by atoms with Crippen LogP contribution in [0, 0.1) is 12.7 Å². The van der Waals surface area contributed by atoms with E-state index in [-0.39, 0.29) is 21.0 Å². The molecule has 0 fully saturated rings. The number of nitrogens with one attached hydrogen (secondary N) is 1. The van der Waals surface area contributed by atoms with E-state index in [4.69, 9.17) is 11.6 Å². The summed E-state index contributed by atoms with van der Waals surface area (Å²) in [7, 11) is 0. The van der Waals surface area contributed by atoms with Crippen molar-refractivity contribution in [2.24, 2.45) is 0 Å². The molecule has 0 heterocycles. The molecule has 0 aliphatic carbocycles. The van der Waals surface area contributed by atoms with Crippen LogP contribution in [0.4, 0.5) is 10.1 Å². The fraction of sp³-hybridized carbons (Fsp3) is 0.0714. The molecule has 0 unspecified atom stereocenters. The molecular formula is C14H10BrClFNO. The lowest BCUT2D eigenvalue weighted by Crippen LogP contribution is -2.13. The van der Waals surface area contributed by atoms with Crippen molar-refractivity contribution in [2.45, 2.75) is 6.92 Å². The third kappa shape index (κ3) is 3.14. The molecule has 0 saturated heterocycles. The Kier molecular flexibility index (Phi) is 4.22. The molecule has 0 aliphatic rings. The van der Waals surface area contributed by atoms with Gasteiger partial charge in [-0.2, -0.15) is 0 Å². The first-order valence-corrected chi connectivity index (χ1v) is 6.67. The van der Waals surface area contributed by atoms with Gasteiger partial charge >= 0.3 is 0 Å². The van der Waals surface area contributed by atoms with E-state index in [9.17, 15) is 9.18 Å². The van der Waals surface area contributed by atoms with Gasteiger partial charge in [-0.15, -0.1) is 0 Å². The van der Waals surface area contributed by atoms with Gasteiger partial charge in [0.2, 0.25) is 0 Å². The zero-order chi connectivity index (χ0) is 14.0. The topological polar surface area (TPSA) is 29.1 Å². The largest absolute Gasteiger partial charge is 0.322 e. The van der Waals surface area contributed by atoms with Crippen LogP contribution >= 0.6 is 27.5 Å². The lowest BCUT2D eigenvalue weighted by atomic mass is 10.1. The molecular weight excluding hydrogens is 333 g/mol. The van der Waals surface area contributed by atoms with Gasteiger partial charge in [-0.3, -0.25) is 4.79 Å². The van der Waals surface area contributed by atoms with Crippen LogP contribution in [0.25, 0.3) is 0 Å². The van der Waals surface area contributed by atoms with Crippen molar-refractivity contribution in [1.29, 1.82) is 0 Å². The molecule has 0 aliphatic heterocycles. The molecule has 0 bridgehead atoms. The van der Waals surface area contributed by atoms with E-state index in [1.165, 1.54) is 6.07 Å². The molecule has 1 amide bonds. The Morgan fingerprint density at radius 2 is 2.00 bits per heavy atom. The van der Waals surface area contributed by atoms with Gasteiger partial charge in [0.05, 0.1) is 15.1 Å². The molecule has 5 heteroatoms. The lowest BCUT2D eigenvalue weighted by Gasteiger charge is -2.09. The van der Waals surface area contributed by atoms with Gasteiger partial charge in [0.25, 0.3) is 5.91 Å². The van der Waals surface area contributed by atoms with Crippen molar-refractivity contribution in [1.82, 2.24) is 0 Å². The second-order valence-corrected chi connectivity index (χ2v) is 5.28. The molecule has 2 aromatic carbocycles. The van der Waals surface area contributed by atoms with Crippen molar-refractivity contribution in [2.75, 3.05) is 5.32 Å². The maximum Gasteiger partial charge on any atom is 0.257 e. The summed E-state index contributed by atoms with van der Waals surface area (Å²) in [5.74, 6) is -0.877. The highest BCUT2D eigenvalue weighted by Crippen LogP contribution is 2.25. The Labute approximate surface area is 123 Å². The Hall–Kier alpha value is -1.39. The van der Waals surface area contributed by atoms with Gasteiger partial charge in [-0.05, 0) is 46.6 Å². The Morgan fingerprint density at radius 1 is 1.32 bits per heavy atom. The van der Waals surface area contributed by atoms with Gasteiger partial charge in [-0.25, -0.2) is 4.39 Å². The molecule has 98 valence electrons. The minimum Gasteiger partial charge on any atom is -0.322 e. The predicted octanol–water partition coefficient (Wildman–Crippen LogP) is 4.80. The molecule has 0 saturated carbocycles. The summed E-state index contributed by atoms with van der Waals surface area (Å²) in [6.45, 7) is 1.89. The predicted molar refractivity (Wildman–Crippen MR) is 78.2 cm³/mol. The number of benzene rings is 2. The summed E-state index contributed by atoms with van der Waals surface area (Å²) in [6.07, 6.45) is 0. The highest BCUT2D eigenvalue weighted by Gasteiger charge is 2.14. The fourth-order valence-electron chi connectivity index (χ4n) is 1.60. The average Bonchev–Trinajstić information content (AvgIpc) is 2.36. The number of aryl methyl sites for hydroxylation is 1. The first-order valence-electron chi connectivity index (χ1n) is 5.50. The fourth-order valence-corrected chi connectivity index (χ4v) is 2.18. The number of rotatable bonds is 2. The second kappa shape index (κ2) is 5.72. The van der Waals surface area contributed by atoms with E-state index in [1.807, 2.05) is 25.1 Å². The van der Waals surface area contributed by atoms with Crippen molar-refractivity contribution in [3.8, 4) is 0 Å². The lowest BCUT2D eigenvalue weighted by molar-refractivity contribution is 0.102. The van der Waals surface area contributed by atoms with E-state index in [0.717, 1.165) is 11.6 Å². The van der Waals surface area contributed by atoms with Crippen LogP contribution in [-0.2, 0) is 0 Å². The van der Waals surface area contributed by atoms with Gasteiger partial charge in [-0.1, -0.05) is 29.8 Å². The van der Waals surface area contributed by atoms with E-state index in [0.29, 0.717) is 5.69 Å². The highest BCUT2D eigenvalue weighted by molar-refractivity contribution is 9.10. The number of carbonyl (C=O) groups excluding carboxylic acids is 1. The smallest absolute Gasteiger partial charge is 0.257 e. The maximum absolute atomic E-state index is 13.3. The summed E-state index contributed by atoms with van der Waals surface area (Å²) in [4.78, 5) is 12.1. The maximum atomic E-state index is 13.3. The van der Waals surface area contributed by atoms with Gasteiger partial charge in [0.15, 0.2) is 0 Å². The van der Waals surface area contributed by atoms with Gasteiger partial charge < -0.3 is 5.32 Å². The van der Waals surface area contributed by atoms with E-state index in [2.05, 4.69) is 21.2 Å². The molecule has 0 atom stereocenters. The SMILES string of the molecule is Cc1ccccc1NC(=O)c1cc(Br)c(F)cc1Cl. The molecule has 0 radical (unpaired) electrons. The zero-order valence-corrected chi connectivity index (χ0v) is 12.3. The van der Waals surface area contributed by atoms with Crippen molar-refractivity contribution >= 4 is 39.1 Å². The van der Waals surface area contributed by atoms with Crippen LogP contribution < -0.4 is 5.32 Å². The number of hydrogen-bond donors (Lipinski definition) is 1. The van der Waals surface area contributed by atoms with E-state index < -0.39 is 5.82 Å². The van der Waals surface area contributed by atoms with Crippen LogP contribution in [0.1, 0.15) is 15.9 Å².